The molecule has 0 aliphatic rings. The zero-order valence-corrected chi connectivity index (χ0v) is 10.7. The molecule has 0 bridgehead atoms. The second kappa shape index (κ2) is 7.00. The van der Waals surface area contributed by atoms with E-state index in [9.17, 15) is 0 Å². The average molecular weight is 262 g/mol. The summed E-state index contributed by atoms with van der Waals surface area (Å²) in [5.41, 5.74) is 1.09. The summed E-state index contributed by atoms with van der Waals surface area (Å²) in [6.07, 6.45) is 2.82. The van der Waals surface area contributed by atoms with Gasteiger partial charge in [0, 0.05) is 0 Å². The van der Waals surface area contributed by atoms with Gasteiger partial charge in [0.1, 0.15) is 4.49 Å². The number of allylic oxidation sites excluding steroid dienone is 3. The summed E-state index contributed by atoms with van der Waals surface area (Å²) in [7, 11) is 0. The molecular weight excluding hydrogens is 250 g/mol. The molecule has 0 spiro atoms. The molecule has 0 saturated carbocycles. The van der Waals surface area contributed by atoms with Crippen molar-refractivity contribution in [3.05, 3.63) is 20.1 Å². The van der Waals surface area contributed by atoms with Gasteiger partial charge in [-0.05, 0) is 12.8 Å². The molecule has 0 N–H and O–H groups in total. The first kappa shape index (κ1) is 13.6. The van der Waals surface area contributed by atoms with Gasteiger partial charge >= 0.3 is 0 Å². The van der Waals surface area contributed by atoms with E-state index in [1.165, 1.54) is 0 Å². The lowest BCUT2D eigenvalue weighted by atomic mass is 10.1. The van der Waals surface area contributed by atoms with Crippen LogP contribution in [0.15, 0.2) is 20.1 Å². The topological polar surface area (TPSA) is 0 Å². The summed E-state index contributed by atoms with van der Waals surface area (Å²) in [6.45, 7) is 4.11. The van der Waals surface area contributed by atoms with Crippen molar-refractivity contribution >= 4 is 46.4 Å². The Labute approximate surface area is 99.5 Å². The van der Waals surface area contributed by atoms with Crippen molar-refractivity contribution in [3.63, 3.8) is 0 Å². The molecule has 76 valence electrons. The largest absolute Gasteiger partial charge is 0.126 e. The van der Waals surface area contributed by atoms with E-state index >= 15 is 0 Å². The lowest BCUT2D eigenvalue weighted by Gasteiger charge is -2.06. The quantitative estimate of drug-likeness (QED) is 0.580. The van der Waals surface area contributed by atoms with Gasteiger partial charge in [-0.1, -0.05) is 72.2 Å². The van der Waals surface area contributed by atoms with E-state index < -0.39 is 0 Å². The van der Waals surface area contributed by atoms with Gasteiger partial charge in [-0.3, -0.25) is 0 Å². The van der Waals surface area contributed by atoms with Crippen LogP contribution in [-0.4, -0.2) is 0 Å². The Bertz CT molecular complexity index is 224. The highest BCUT2D eigenvalue weighted by atomic mass is 35.5. The molecule has 0 unspecified atom stereocenters. The summed E-state index contributed by atoms with van der Waals surface area (Å²) in [6, 6.07) is 0. The molecule has 13 heavy (non-hydrogen) atoms. The summed E-state index contributed by atoms with van der Waals surface area (Å²) in [4.78, 5) is 0. The molecule has 0 nitrogen and oxygen atoms in total. The molecule has 0 atom stereocenters. The van der Waals surface area contributed by atoms with Crippen molar-refractivity contribution in [2.24, 2.45) is 0 Å². The predicted octanol–water partition coefficient (Wildman–Crippen LogP) is 5.57. The standard InChI is InChI=1S/C9H12Cl4/c1-3-5-6(4-2)7(10)8(11)9(12)13/h3-5H2,1-2H3. The lowest BCUT2D eigenvalue weighted by Crippen LogP contribution is -1.86. The molecule has 0 amide bonds. The number of halogens is 4. The Morgan fingerprint density at radius 1 is 0.923 bits per heavy atom. The van der Waals surface area contributed by atoms with E-state index in [1.54, 1.807) is 0 Å². The third kappa shape index (κ3) is 4.60. The SMILES string of the molecule is CCCC(CC)=C(Cl)C(Cl)=C(Cl)Cl. The Hall–Kier alpha value is 0.640. The third-order valence-electron chi connectivity index (χ3n) is 1.65. The van der Waals surface area contributed by atoms with Crippen molar-refractivity contribution < 1.29 is 0 Å². The second-order valence-electron chi connectivity index (χ2n) is 2.60. The summed E-state index contributed by atoms with van der Waals surface area (Å²) in [5, 5.41) is 0.737. The van der Waals surface area contributed by atoms with Gasteiger partial charge in [-0.25, -0.2) is 0 Å². The van der Waals surface area contributed by atoms with Crippen molar-refractivity contribution in [1.82, 2.24) is 0 Å². The smallest absolute Gasteiger partial charge is 0.0827 e. The minimum absolute atomic E-state index is 0.0220. The molecule has 0 fully saturated rings. The molecule has 0 radical (unpaired) electrons. The molecule has 0 rings (SSSR count). The highest BCUT2D eigenvalue weighted by Crippen LogP contribution is 2.32. The Balaban J connectivity index is 4.85. The van der Waals surface area contributed by atoms with Crippen LogP contribution in [0.5, 0.6) is 0 Å². The van der Waals surface area contributed by atoms with Crippen LogP contribution < -0.4 is 0 Å². The fourth-order valence-electron chi connectivity index (χ4n) is 0.982. The lowest BCUT2D eigenvalue weighted by molar-refractivity contribution is 0.855. The summed E-state index contributed by atoms with van der Waals surface area (Å²) < 4.78 is 0.0220. The second-order valence-corrected chi connectivity index (χ2v) is 4.30. The highest BCUT2D eigenvalue weighted by Gasteiger charge is 2.08. The van der Waals surface area contributed by atoms with Crippen LogP contribution in [0, 0.1) is 0 Å². The maximum absolute atomic E-state index is 5.99. The third-order valence-corrected chi connectivity index (χ3v) is 3.15. The van der Waals surface area contributed by atoms with Crippen molar-refractivity contribution in [2.75, 3.05) is 0 Å². The summed E-state index contributed by atoms with van der Waals surface area (Å²) >= 11 is 22.8. The molecule has 0 aromatic heterocycles. The van der Waals surface area contributed by atoms with Crippen LogP contribution in [0.2, 0.25) is 0 Å². The van der Waals surface area contributed by atoms with Gasteiger partial charge in [0.25, 0.3) is 0 Å². The fourth-order valence-corrected chi connectivity index (χ4v) is 1.72. The molecule has 4 heteroatoms. The zero-order chi connectivity index (χ0) is 10.4. The minimum Gasteiger partial charge on any atom is -0.0827 e. The summed E-state index contributed by atoms with van der Waals surface area (Å²) in [5.74, 6) is 0. The first-order valence-electron chi connectivity index (χ1n) is 4.13. The van der Waals surface area contributed by atoms with E-state index in [-0.39, 0.29) is 9.52 Å². The maximum atomic E-state index is 5.99. The van der Waals surface area contributed by atoms with Gasteiger partial charge in [0.05, 0.1) is 10.1 Å². The van der Waals surface area contributed by atoms with E-state index in [0.717, 1.165) is 24.8 Å². The molecule has 0 aromatic carbocycles. The number of rotatable bonds is 4. The fraction of sp³-hybridized carbons (Fsp3) is 0.556. The molecule has 0 aliphatic heterocycles. The first-order valence-corrected chi connectivity index (χ1v) is 5.64. The maximum Gasteiger partial charge on any atom is 0.126 e. The Morgan fingerprint density at radius 2 is 1.46 bits per heavy atom. The predicted molar refractivity (Wildman–Crippen MR) is 62.7 cm³/mol. The number of hydrogen-bond donors (Lipinski definition) is 0. The molecular formula is C9H12Cl4. The van der Waals surface area contributed by atoms with E-state index in [1.807, 2.05) is 6.92 Å². The average Bonchev–Trinajstić information content (AvgIpc) is 2.11. The van der Waals surface area contributed by atoms with Gasteiger partial charge in [0.15, 0.2) is 0 Å². The zero-order valence-electron chi connectivity index (χ0n) is 7.63. The van der Waals surface area contributed by atoms with Crippen LogP contribution in [0.25, 0.3) is 0 Å². The molecule has 0 aliphatic carbocycles. The van der Waals surface area contributed by atoms with Crippen molar-refractivity contribution in [3.8, 4) is 0 Å². The van der Waals surface area contributed by atoms with Crippen LogP contribution in [-0.2, 0) is 0 Å². The highest BCUT2D eigenvalue weighted by molar-refractivity contribution is 6.61. The van der Waals surface area contributed by atoms with Gasteiger partial charge in [-0.15, -0.1) is 0 Å². The monoisotopic (exact) mass is 260 g/mol. The van der Waals surface area contributed by atoms with Gasteiger partial charge in [-0.2, -0.15) is 0 Å². The van der Waals surface area contributed by atoms with Crippen LogP contribution in [0.1, 0.15) is 33.1 Å². The van der Waals surface area contributed by atoms with Gasteiger partial charge in [0.2, 0.25) is 0 Å². The minimum atomic E-state index is 0.0220. The Morgan fingerprint density at radius 3 is 1.77 bits per heavy atom. The normalized spacial score (nSPS) is 12.5. The Kier molecular flexibility index (Phi) is 7.35. The molecule has 0 heterocycles. The van der Waals surface area contributed by atoms with Crippen LogP contribution in [0.3, 0.4) is 0 Å². The van der Waals surface area contributed by atoms with E-state index in [4.69, 9.17) is 46.4 Å². The van der Waals surface area contributed by atoms with Crippen molar-refractivity contribution in [2.45, 2.75) is 33.1 Å². The number of hydrogen-bond acceptors (Lipinski definition) is 0. The van der Waals surface area contributed by atoms with Crippen molar-refractivity contribution in [1.29, 1.82) is 0 Å². The van der Waals surface area contributed by atoms with Crippen LogP contribution >= 0.6 is 46.4 Å². The molecule has 0 saturated heterocycles. The first-order chi connectivity index (χ1) is 6.04. The van der Waals surface area contributed by atoms with E-state index in [2.05, 4.69) is 6.92 Å². The molecule has 0 aromatic rings. The van der Waals surface area contributed by atoms with Crippen LogP contribution in [0.4, 0.5) is 0 Å². The van der Waals surface area contributed by atoms with Gasteiger partial charge < -0.3 is 0 Å². The van der Waals surface area contributed by atoms with E-state index in [0.29, 0.717) is 5.03 Å².